The highest BCUT2D eigenvalue weighted by Gasteiger charge is 2.34. The second kappa shape index (κ2) is 7.40. The molecular formula is C21H15Cl2N5O3. The number of amides is 1. The van der Waals surface area contributed by atoms with Gasteiger partial charge in [0, 0.05) is 28.6 Å². The standard InChI is InChI=1S/C21H15Cl2N5O3/c1-10-20-13(16-5-4-15(31-16)12-8-11(22)2-3-14(12)23)9-19(30)24-21(20)28(27-10)17-6-7-18(29)26-25-17/h2-8,13H,9H2,1H3,(H,24,30)(H,26,29)/t13-/m0/s1. The van der Waals surface area contributed by atoms with E-state index in [1.807, 2.05) is 19.1 Å². The molecule has 3 aromatic heterocycles. The lowest BCUT2D eigenvalue weighted by Gasteiger charge is -2.22. The Labute approximate surface area is 185 Å². The number of rotatable bonds is 3. The third kappa shape index (κ3) is 3.43. The molecular weight excluding hydrogens is 441 g/mol. The van der Waals surface area contributed by atoms with Gasteiger partial charge in [-0.1, -0.05) is 23.2 Å². The molecule has 4 aromatic rings. The number of halogens is 2. The van der Waals surface area contributed by atoms with Crippen molar-refractivity contribution in [3.8, 4) is 17.1 Å². The molecule has 0 aliphatic carbocycles. The smallest absolute Gasteiger partial charge is 0.264 e. The molecule has 0 radical (unpaired) electrons. The van der Waals surface area contributed by atoms with Gasteiger partial charge >= 0.3 is 0 Å². The summed E-state index contributed by atoms with van der Waals surface area (Å²) in [6.07, 6.45) is 0.203. The van der Waals surface area contributed by atoms with Crippen molar-refractivity contribution in [3.05, 3.63) is 79.9 Å². The van der Waals surface area contributed by atoms with Gasteiger partial charge in [0.25, 0.3) is 5.56 Å². The van der Waals surface area contributed by atoms with Gasteiger partial charge in [-0.25, -0.2) is 5.10 Å². The number of benzene rings is 1. The van der Waals surface area contributed by atoms with Crippen LogP contribution in [0.5, 0.6) is 0 Å². The van der Waals surface area contributed by atoms with Gasteiger partial charge in [0.15, 0.2) is 5.82 Å². The number of aromatic nitrogens is 4. The molecule has 1 aromatic carbocycles. The van der Waals surface area contributed by atoms with Crippen molar-refractivity contribution in [1.29, 1.82) is 0 Å². The van der Waals surface area contributed by atoms with Crippen molar-refractivity contribution >= 4 is 34.9 Å². The fraction of sp³-hybridized carbons (Fsp3) is 0.143. The molecule has 5 rings (SSSR count). The molecule has 10 heteroatoms. The van der Waals surface area contributed by atoms with Crippen LogP contribution >= 0.6 is 23.2 Å². The maximum Gasteiger partial charge on any atom is 0.264 e. The number of aryl methyl sites for hydroxylation is 1. The van der Waals surface area contributed by atoms with Gasteiger partial charge in [-0.3, -0.25) is 9.59 Å². The van der Waals surface area contributed by atoms with Crippen LogP contribution in [0.3, 0.4) is 0 Å². The van der Waals surface area contributed by atoms with Crippen LogP contribution in [0.2, 0.25) is 10.0 Å². The van der Waals surface area contributed by atoms with E-state index in [1.54, 1.807) is 18.2 Å². The Balaban J connectivity index is 1.60. The zero-order valence-electron chi connectivity index (χ0n) is 16.1. The zero-order chi connectivity index (χ0) is 21.7. The Bertz CT molecular complexity index is 1370. The lowest BCUT2D eigenvalue weighted by molar-refractivity contribution is -0.116. The topological polar surface area (TPSA) is 106 Å². The average Bonchev–Trinajstić information content (AvgIpc) is 3.35. The molecule has 0 saturated carbocycles. The van der Waals surface area contributed by atoms with E-state index in [9.17, 15) is 9.59 Å². The number of aromatic amines is 1. The minimum atomic E-state index is -0.341. The third-order valence-electron chi connectivity index (χ3n) is 5.15. The summed E-state index contributed by atoms with van der Waals surface area (Å²) in [5.74, 6) is 1.53. The molecule has 0 spiro atoms. The van der Waals surface area contributed by atoms with Crippen LogP contribution in [0, 0.1) is 6.92 Å². The van der Waals surface area contributed by atoms with Gasteiger partial charge in [0.2, 0.25) is 5.91 Å². The number of furan rings is 1. The first-order valence-electron chi connectivity index (χ1n) is 9.41. The quantitative estimate of drug-likeness (QED) is 0.478. The molecule has 0 bridgehead atoms. The van der Waals surface area contributed by atoms with Gasteiger partial charge in [0.1, 0.15) is 17.3 Å². The van der Waals surface area contributed by atoms with Crippen LogP contribution < -0.4 is 10.9 Å². The molecule has 2 N–H and O–H groups in total. The second-order valence-corrected chi connectivity index (χ2v) is 8.01. The monoisotopic (exact) mass is 455 g/mol. The molecule has 0 fully saturated rings. The largest absolute Gasteiger partial charge is 0.460 e. The lowest BCUT2D eigenvalue weighted by atomic mass is 9.90. The van der Waals surface area contributed by atoms with E-state index >= 15 is 0 Å². The van der Waals surface area contributed by atoms with Gasteiger partial charge in [-0.2, -0.15) is 14.9 Å². The Morgan fingerprint density at radius 2 is 1.97 bits per heavy atom. The number of fused-ring (bicyclic) bond motifs is 1. The summed E-state index contributed by atoms with van der Waals surface area (Å²) in [6.45, 7) is 1.85. The van der Waals surface area contributed by atoms with E-state index in [1.165, 1.54) is 16.8 Å². The SMILES string of the molecule is Cc1nn(-c2ccc(=O)[nH]n2)c2c1[C@H](c1ccc(-c3cc(Cl)ccc3Cl)o1)CC(=O)N2. The maximum absolute atomic E-state index is 12.5. The molecule has 1 atom stereocenters. The first-order valence-corrected chi connectivity index (χ1v) is 10.2. The molecule has 31 heavy (non-hydrogen) atoms. The van der Waals surface area contributed by atoms with E-state index in [-0.39, 0.29) is 23.8 Å². The van der Waals surface area contributed by atoms with Crippen LogP contribution in [-0.2, 0) is 4.79 Å². The molecule has 8 nitrogen and oxygen atoms in total. The van der Waals surface area contributed by atoms with Gasteiger partial charge in [0.05, 0.1) is 16.6 Å². The van der Waals surface area contributed by atoms with Crippen LogP contribution in [0.25, 0.3) is 17.1 Å². The van der Waals surface area contributed by atoms with Crippen LogP contribution in [0.1, 0.15) is 29.4 Å². The summed E-state index contributed by atoms with van der Waals surface area (Å²) < 4.78 is 7.61. The number of hydrogen-bond donors (Lipinski definition) is 2. The number of nitrogens with one attached hydrogen (secondary N) is 2. The van der Waals surface area contributed by atoms with Crippen LogP contribution in [0.15, 0.2) is 51.7 Å². The number of H-pyrrole nitrogens is 1. The first kappa shape index (κ1) is 19.6. The molecule has 1 aliphatic rings. The van der Waals surface area contributed by atoms with E-state index in [2.05, 4.69) is 20.6 Å². The van der Waals surface area contributed by atoms with E-state index < -0.39 is 0 Å². The normalized spacial score (nSPS) is 15.6. The van der Waals surface area contributed by atoms with E-state index in [4.69, 9.17) is 27.6 Å². The van der Waals surface area contributed by atoms with E-state index in [0.717, 1.165) is 5.56 Å². The highest BCUT2D eigenvalue weighted by atomic mass is 35.5. The van der Waals surface area contributed by atoms with Crippen LogP contribution in [-0.4, -0.2) is 25.9 Å². The molecule has 0 saturated heterocycles. The summed E-state index contributed by atoms with van der Waals surface area (Å²) in [5, 5.41) is 14.8. The van der Waals surface area contributed by atoms with E-state index in [0.29, 0.717) is 44.5 Å². The molecule has 0 unspecified atom stereocenters. The van der Waals surface area contributed by atoms with Crippen molar-refractivity contribution in [2.75, 3.05) is 5.32 Å². The van der Waals surface area contributed by atoms with Crippen molar-refractivity contribution < 1.29 is 9.21 Å². The Morgan fingerprint density at radius 1 is 1.13 bits per heavy atom. The van der Waals surface area contributed by atoms with Gasteiger partial charge < -0.3 is 9.73 Å². The predicted octanol–water partition coefficient (Wildman–Crippen LogP) is 4.30. The molecule has 1 amide bonds. The zero-order valence-corrected chi connectivity index (χ0v) is 17.7. The minimum absolute atomic E-state index is 0.179. The summed E-state index contributed by atoms with van der Waals surface area (Å²) in [4.78, 5) is 23.9. The summed E-state index contributed by atoms with van der Waals surface area (Å²) in [7, 11) is 0. The number of anilines is 1. The number of nitrogens with zero attached hydrogens (tertiary/aromatic N) is 3. The fourth-order valence-corrected chi connectivity index (χ4v) is 4.17. The summed E-state index contributed by atoms with van der Waals surface area (Å²) in [5.41, 5.74) is 1.88. The first-order chi connectivity index (χ1) is 14.9. The third-order valence-corrected chi connectivity index (χ3v) is 5.71. The van der Waals surface area contributed by atoms with Crippen LogP contribution in [0.4, 0.5) is 5.82 Å². The Hall–Kier alpha value is -3.36. The number of hydrogen-bond acceptors (Lipinski definition) is 5. The highest BCUT2D eigenvalue weighted by molar-refractivity contribution is 6.35. The minimum Gasteiger partial charge on any atom is -0.460 e. The second-order valence-electron chi connectivity index (χ2n) is 7.17. The Morgan fingerprint density at radius 3 is 2.74 bits per heavy atom. The predicted molar refractivity (Wildman–Crippen MR) is 116 cm³/mol. The average molecular weight is 456 g/mol. The Kier molecular flexibility index (Phi) is 4.68. The number of carbonyl (C=O) groups is 1. The molecule has 4 heterocycles. The number of carbonyl (C=O) groups excluding carboxylic acids is 1. The van der Waals surface area contributed by atoms with Crippen molar-refractivity contribution in [3.63, 3.8) is 0 Å². The summed E-state index contributed by atoms with van der Waals surface area (Å²) in [6, 6.07) is 11.7. The highest BCUT2D eigenvalue weighted by Crippen LogP contribution is 2.42. The van der Waals surface area contributed by atoms with Crippen molar-refractivity contribution in [1.82, 2.24) is 20.0 Å². The van der Waals surface area contributed by atoms with Gasteiger partial charge in [-0.15, -0.1) is 0 Å². The van der Waals surface area contributed by atoms with Gasteiger partial charge in [-0.05, 0) is 43.3 Å². The molecule has 1 aliphatic heterocycles. The molecule has 156 valence electrons. The van der Waals surface area contributed by atoms with Crippen molar-refractivity contribution in [2.45, 2.75) is 19.3 Å². The fourth-order valence-electron chi connectivity index (χ4n) is 3.78. The van der Waals surface area contributed by atoms with Crippen molar-refractivity contribution in [2.24, 2.45) is 0 Å². The summed E-state index contributed by atoms with van der Waals surface area (Å²) >= 11 is 12.4. The lowest BCUT2D eigenvalue weighted by Crippen LogP contribution is -2.25. The maximum atomic E-state index is 12.5.